The predicted octanol–water partition coefficient (Wildman–Crippen LogP) is 2.38. The number of aromatic nitrogens is 1. The van der Waals surface area contributed by atoms with Gasteiger partial charge < -0.3 is 28.8 Å². The van der Waals surface area contributed by atoms with Gasteiger partial charge in [-0.3, -0.25) is 9.69 Å². The van der Waals surface area contributed by atoms with E-state index in [1.807, 2.05) is 24.3 Å². The second-order valence-electron chi connectivity index (χ2n) is 7.90. The van der Waals surface area contributed by atoms with E-state index >= 15 is 0 Å². The molecule has 1 fully saturated rings. The normalized spacial score (nSPS) is 15.3. The number of piperazine rings is 1. The van der Waals surface area contributed by atoms with Crippen LogP contribution < -0.4 is 10.3 Å². The van der Waals surface area contributed by atoms with Crippen molar-refractivity contribution in [1.29, 1.82) is 0 Å². The lowest BCUT2D eigenvalue weighted by Crippen LogP contribution is -2.50. The molecule has 1 amide bonds. The smallest absolute Gasteiger partial charge is 0.409 e. The summed E-state index contributed by atoms with van der Waals surface area (Å²) in [5, 5.41) is 11.0. The first kappa shape index (κ1) is 24.6. The highest BCUT2D eigenvalue weighted by molar-refractivity contribution is 5.67. The Labute approximate surface area is 194 Å². The Bertz CT molecular complexity index is 1010. The second kappa shape index (κ2) is 11.2. The molecule has 1 aliphatic rings. The van der Waals surface area contributed by atoms with Crippen LogP contribution in [0.15, 0.2) is 35.1 Å². The van der Waals surface area contributed by atoms with Gasteiger partial charge in [-0.25, -0.2) is 4.79 Å². The first-order valence-electron chi connectivity index (χ1n) is 11.1. The number of benzene rings is 1. The van der Waals surface area contributed by atoms with Gasteiger partial charge in [0, 0.05) is 51.1 Å². The fourth-order valence-electron chi connectivity index (χ4n) is 4.29. The minimum absolute atomic E-state index is 0.0603. The number of carbonyl (C=O) groups is 1. The molecule has 33 heavy (non-hydrogen) atoms. The van der Waals surface area contributed by atoms with E-state index in [4.69, 9.17) is 14.2 Å². The molecular formula is C24H33N3O6. The standard InChI is InChI=1S/C24H33N3O6/c1-5-33-24(30)26-12-10-25(11-13-26)22(18-8-6-7-9-20(18)32-4)21-19(28)16-17(2)27(23(21)29)14-15-31-3/h6-9,16,22,28H,5,10-15H2,1-4H3/t22-/m0/s1. The van der Waals surface area contributed by atoms with E-state index < -0.39 is 6.04 Å². The van der Waals surface area contributed by atoms with Crippen LogP contribution in [0.2, 0.25) is 0 Å². The van der Waals surface area contributed by atoms with Gasteiger partial charge in [-0.05, 0) is 26.0 Å². The molecule has 2 aromatic rings. The zero-order valence-electron chi connectivity index (χ0n) is 19.7. The molecular weight excluding hydrogens is 426 g/mol. The van der Waals surface area contributed by atoms with E-state index in [9.17, 15) is 14.7 Å². The largest absolute Gasteiger partial charge is 0.507 e. The number of ether oxygens (including phenoxy) is 3. The number of rotatable bonds is 8. The van der Waals surface area contributed by atoms with Crippen molar-refractivity contribution >= 4 is 6.09 Å². The van der Waals surface area contributed by atoms with Crippen LogP contribution in [-0.2, 0) is 16.0 Å². The molecule has 180 valence electrons. The molecule has 0 saturated carbocycles. The van der Waals surface area contributed by atoms with Crippen molar-refractivity contribution in [3.05, 3.63) is 57.5 Å². The zero-order chi connectivity index (χ0) is 24.0. The van der Waals surface area contributed by atoms with E-state index in [-0.39, 0.29) is 23.0 Å². The summed E-state index contributed by atoms with van der Waals surface area (Å²) in [4.78, 5) is 29.5. The van der Waals surface area contributed by atoms with E-state index in [0.29, 0.717) is 57.4 Å². The first-order chi connectivity index (χ1) is 15.9. The molecule has 0 spiro atoms. The number of nitrogens with zero attached hydrogens (tertiary/aromatic N) is 3. The molecule has 0 bridgehead atoms. The molecule has 0 aliphatic carbocycles. The maximum absolute atomic E-state index is 13.6. The molecule has 9 heteroatoms. The quantitative estimate of drug-likeness (QED) is 0.648. The molecule has 9 nitrogen and oxygen atoms in total. The van der Waals surface area contributed by atoms with Crippen LogP contribution in [0.25, 0.3) is 0 Å². The maximum Gasteiger partial charge on any atom is 0.409 e. The number of hydrogen-bond acceptors (Lipinski definition) is 7. The lowest BCUT2D eigenvalue weighted by molar-refractivity contribution is 0.0705. The summed E-state index contributed by atoms with van der Waals surface area (Å²) >= 11 is 0. The number of pyridine rings is 1. The van der Waals surface area contributed by atoms with Gasteiger partial charge in [0.15, 0.2) is 0 Å². The third-order valence-electron chi connectivity index (χ3n) is 5.95. The summed E-state index contributed by atoms with van der Waals surface area (Å²) < 4.78 is 17.5. The Morgan fingerprint density at radius 2 is 1.85 bits per heavy atom. The number of carbonyl (C=O) groups excluding carboxylic acids is 1. The minimum Gasteiger partial charge on any atom is -0.507 e. The zero-order valence-corrected chi connectivity index (χ0v) is 19.7. The van der Waals surface area contributed by atoms with Gasteiger partial charge in [-0.15, -0.1) is 0 Å². The van der Waals surface area contributed by atoms with Crippen LogP contribution in [0.5, 0.6) is 11.5 Å². The maximum atomic E-state index is 13.6. The Morgan fingerprint density at radius 1 is 1.15 bits per heavy atom. The average molecular weight is 460 g/mol. The topological polar surface area (TPSA) is 93.5 Å². The van der Waals surface area contributed by atoms with E-state index in [1.54, 1.807) is 43.6 Å². The Kier molecular flexibility index (Phi) is 8.35. The highest BCUT2D eigenvalue weighted by Gasteiger charge is 2.34. The summed E-state index contributed by atoms with van der Waals surface area (Å²) in [6.07, 6.45) is -0.342. The Morgan fingerprint density at radius 3 is 2.48 bits per heavy atom. The highest BCUT2D eigenvalue weighted by Crippen LogP contribution is 2.37. The third-order valence-corrected chi connectivity index (χ3v) is 5.95. The van der Waals surface area contributed by atoms with Gasteiger partial charge >= 0.3 is 6.09 Å². The van der Waals surface area contributed by atoms with Crippen LogP contribution >= 0.6 is 0 Å². The molecule has 1 saturated heterocycles. The predicted molar refractivity (Wildman–Crippen MR) is 124 cm³/mol. The number of amides is 1. The molecule has 1 N–H and O–H groups in total. The van der Waals surface area contributed by atoms with Crippen molar-refractivity contribution in [1.82, 2.24) is 14.4 Å². The van der Waals surface area contributed by atoms with Crippen LogP contribution in [-0.4, -0.2) is 79.2 Å². The molecule has 1 aromatic carbocycles. The molecule has 3 rings (SSSR count). The monoisotopic (exact) mass is 459 g/mol. The average Bonchev–Trinajstić information content (AvgIpc) is 2.82. The summed E-state index contributed by atoms with van der Waals surface area (Å²) in [6, 6.07) is 8.56. The van der Waals surface area contributed by atoms with Crippen LogP contribution in [0.4, 0.5) is 4.79 Å². The molecule has 0 radical (unpaired) electrons. The van der Waals surface area contributed by atoms with Gasteiger partial charge in [-0.2, -0.15) is 0 Å². The Hall–Kier alpha value is -3.04. The highest BCUT2D eigenvalue weighted by atomic mass is 16.6. The number of hydrogen-bond donors (Lipinski definition) is 1. The van der Waals surface area contributed by atoms with Gasteiger partial charge in [0.05, 0.1) is 31.9 Å². The summed E-state index contributed by atoms with van der Waals surface area (Å²) in [6.45, 7) is 6.56. The van der Waals surface area contributed by atoms with Crippen LogP contribution in [0.1, 0.15) is 29.8 Å². The summed E-state index contributed by atoms with van der Waals surface area (Å²) in [5.41, 5.74) is 1.45. The molecule has 1 aromatic heterocycles. The van der Waals surface area contributed by atoms with Crippen LogP contribution in [0.3, 0.4) is 0 Å². The van der Waals surface area contributed by atoms with E-state index in [1.165, 1.54) is 0 Å². The fourth-order valence-corrected chi connectivity index (χ4v) is 4.29. The SMILES string of the molecule is CCOC(=O)N1CCN([C@@H](c2ccccc2OC)c2c(O)cc(C)n(CCOC)c2=O)CC1. The number of para-hydroxylation sites is 1. The lowest BCUT2D eigenvalue weighted by atomic mass is 9.95. The number of aromatic hydroxyl groups is 1. The van der Waals surface area contributed by atoms with Gasteiger partial charge in [0.25, 0.3) is 5.56 Å². The summed E-state index contributed by atoms with van der Waals surface area (Å²) in [7, 11) is 3.17. The van der Waals surface area contributed by atoms with Crippen molar-refractivity contribution in [3.63, 3.8) is 0 Å². The molecule has 1 atom stereocenters. The van der Waals surface area contributed by atoms with Gasteiger partial charge in [-0.1, -0.05) is 18.2 Å². The van der Waals surface area contributed by atoms with Gasteiger partial charge in [0.2, 0.25) is 0 Å². The molecule has 1 aliphatic heterocycles. The van der Waals surface area contributed by atoms with Crippen molar-refractivity contribution in [2.75, 3.05) is 53.6 Å². The van der Waals surface area contributed by atoms with Crippen molar-refractivity contribution in [2.45, 2.75) is 26.4 Å². The minimum atomic E-state index is -0.549. The molecule has 2 heterocycles. The summed E-state index contributed by atoms with van der Waals surface area (Å²) in [5.74, 6) is 0.563. The number of methoxy groups -OCH3 is 2. The first-order valence-corrected chi connectivity index (χ1v) is 11.1. The number of aryl methyl sites for hydroxylation is 1. The lowest BCUT2D eigenvalue weighted by Gasteiger charge is -2.39. The van der Waals surface area contributed by atoms with E-state index in [0.717, 1.165) is 5.56 Å². The van der Waals surface area contributed by atoms with Crippen LogP contribution in [0, 0.1) is 6.92 Å². The van der Waals surface area contributed by atoms with E-state index in [2.05, 4.69) is 4.90 Å². The Balaban J connectivity index is 2.07. The van der Waals surface area contributed by atoms with Crippen molar-refractivity contribution in [3.8, 4) is 11.5 Å². The third kappa shape index (κ3) is 5.31. The van der Waals surface area contributed by atoms with Crippen molar-refractivity contribution < 1.29 is 24.1 Å². The second-order valence-corrected chi connectivity index (χ2v) is 7.90. The van der Waals surface area contributed by atoms with Gasteiger partial charge in [0.1, 0.15) is 11.5 Å². The molecule has 0 unspecified atom stereocenters. The fraction of sp³-hybridized carbons (Fsp3) is 0.500. The van der Waals surface area contributed by atoms with Crippen molar-refractivity contribution in [2.24, 2.45) is 0 Å².